The van der Waals surface area contributed by atoms with E-state index in [2.05, 4.69) is 11.6 Å². The molecule has 0 unspecified atom stereocenters. The molecule has 2 nitrogen and oxygen atoms in total. The second-order valence-corrected chi connectivity index (χ2v) is 4.29. The SMILES string of the molecule is CSCCNCCC(C)(C)O. The third-order valence-electron chi connectivity index (χ3n) is 1.40. The molecule has 2 N–H and O–H groups in total. The van der Waals surface area contributed by atoms with Crippen LogP contribution in [0.4, 0.5) is 0 Å². The van der Waals surface area contributed by atoms with E-state index >= 15 is 0 Å². The van der Waals surface area contributed by atoms with Crippen molar-refractivity contribution in [3.8, 4) is 0 Å². The van der Waals surface area contributed by atoms with Gasteiger partial charge in [-0.05, 0) is 33.1 Å². The Morgan fingerprint density at radius 3 is 2.45 bits per heavy atom. The van der Waals surface area contributed by atoms with Crippen molar-refractivity contribution >= 4 is 11.8 Å². The fourth-order valence-corrected chi connectivity index (χ4v) is 1.04. The van der Waals surface area contributed by atoms with Crippen LogP contribution in [0.15, 0.2) is 0 Å². The standard InChI is InChI=1S/C8H19NOS/c1-8(2,10)4-5-9-6-7-11-3/h9-10H,4-7H2,1-3H3. The Labute approximate surface area is 73.8 Å². The molecule has 0 amide bonds. The first-order valence-corrected chi connectivity index (χ1v) is 5.38. The highest BCUT2D eigenvalue weighted by Gasteiger charge is 2.10. The second-order valence-electron chi connectivity index (χ2n) is 3.31. The molecule has 0 saturated carbocycles. The van der Waals surface area contributed by atoms with Gasteiger partial charge in [0.1, 0.15) is 0 Å². The van der Waals surface area contributed by atoms with E-state index in [1.807, 2.05) is 25.6 Å². The molecule has 0 spiro atoms. The van der Waals surface area contributed by atoms with Crippen LogP contribution >= 0.6 is 11.8 Å². The summed E-state index contributed by atoms with van der Waals surface area (Å²) in [6, 6.07) is 0. The van der Waals surface area contributed by atoms with E-state index < -0.39 is 5.60 Å². The van der Waals surface area contributed by atoms with Crippen molar-refractivity contribution in [1.29, 1.82) is 0 Å². The number of thioether (sulfide) groups is 1. The molecular weight excluding hydrogens is 158 g/mol. The summed E-state index contributed by atoms with van der Waals surface area (Å²) < 4.78 is 0. The third-order valence-corrected chi connectivity index (χ3v) is 2.01. The Hall–Kier alpha value is 0.270. The quantitative estimate of drug-likeness (QED) is 0.596. The zero-order valence-electron chi connectivity index (χ0n) is 7.68. The van der Waals surface area contributed by atoms with Crippen molar-refractivity contribution in [2.45, 2.75) is 25.9 Å². The normalized spacial score (nSPS) is 12.0. The predicted molar refractivity (Wildman–Crippen MR) is 52.2 cm³/mol. The number of rotatable bonds is 6. The van der Waals surface area contributed by atoms with Crippen LogP contribution < -0.4 is 5.32 Å². The lowest BCUT2D eigenvalue weighted by atomic mass is 10.1. The molecule has 0 radical (unpaired) electrons. The van der Waals surface area contributed by atoms with Gasteiger partial charge in [-0.25, -0.2) is 0 Å². The van der Waals surface area contributed by atoms with Crippen molar-refractivity contribution in [2.75, 3.05) is 25.1 Å². The molecule has 0 aromatic heterocycles. The molecule has 0 fully saturated rings. The first kappa shape index (κ1) is 11.3. The van der Waals surface area contributed by atoms with Gasteiger partial charge in [-0.2, -0.15) is 11.8 Å². The topological polar surface area (TPSA) is 32.3 Å². The average Bonchev–Trinajstić information content (AvgIpc) is 1.85. The maximum Gasteiger partial charge on any atom is 0.0603 e. The summed E-state index contributed by atoms with van der Waals surface area (Å²) in [6.45, 7) is 5.62. The highest BCUT2D eigenvalue weighted by molar-refractivity contribution is 7.98. The van der Waals surface area contributed by atoms with Crippen LogP contribution in [0.5, 0.6) is 0 Å². The molecule has 11 heavy (non-hydrogen) atoms. The van der Waals surface area contributed by atoms with Gasteiger partial charge in [-0.3, -0.25) is 0 Å². The first-order chi connectivity index (χ1) is 5.06. The molecule has 0 aromatic carbocycles. The van der Waals surface area contributed by atoms with Gasteiger partial charge in [0, 0.05) is 12.3 Å². The largest absolute Gasteiger partial charge is 0.390 e. The molecule has 0 aromatic rings. The summed E-state index contributed by atoms with van der Waals surface area (Å²) in [6.07, 6.45) is 2.92. The van der Waals surface area contributed by atoms with Gasteiger partial charge in [0.2, 0.25) is 0 Å². The predicted octanol–water partition coefficient (Wildman–Crippen LogP) is 1.10. The van der Waals surface area contributed by atoms with Gasteiger partial charge in [-0.15, -0.1) is 0 Å². The molecule has 0 atom stereocenters. The first-order valence-electron chi connectivity index (χ1n) is 3.98. The maximum absolute atomic E-state index is 9.33. The monoisotopic (exact) mass is 177 g/mol. The van der Waals surface area contributed by atoms with Gasteiger partial charge in [-0.1, -0.05) is 0 Å². The van der Waals surface area contributed by atoms with E-state index in [-0.39, 0.29) is 0 Å². The van der Waals surface area contributed by atoms with Crippen LogP contribution in [0, 0.1) is 0 Å². The fourth-order valence-electron chi connectivity index (χ4n) is 0.694. The average molecular weight is 177 g/mol. The van der Waals surface area contributed by atoms with E-state index in [0.29, 0.717) is 0 Å². The minimum absolute atomic E-state index is 0.521. The minimum atomic E-state index is -0.521. The lowest BCUT2D eigenvalue weighted by Gasteiger charge is -2.16. The molecule has 0 saturated heterocycles. The summed E-state index contributed by atoms with van der Waals surface area (Å²) in [5.74, 6) is 1.14. The van der Waals surface area contributed by atoms with Crippen LogP contribution in [0.1, 0.15) is 20.3 Å². The molecule has 0 aliphatic carbocycles. The molecule has 3 heteroatoms. The molecule has 0 aliphatic rings. The van der Waals surface area contributed by atoms with Gasteiger partial charge >= 0.3 is 0 Å². The van der Waals surface area contributed by atoms with Crippen LogP contribution in [0.3, 0.4) is 0 Å². The van der Waals surface area contributed by atoms with E-state index in [9.17, 15) is 5.11 Å². The van der Waals surface area contributed by atoms with Crippen LogP contribution in [-0.4, -0.2) is 35.8 Å². The second kappa shape index (κ2) is 5.86. The zero-order chi connectivity index (χ0) is 8.74. The van der Waals surface area contributed by atoms with Crippen LogP contribution in [0.2, 0.25) is 0 Å². The summed E-state index contributed by atoms with van der Waals surface area (Å²) in [4.78, 5) is 0. The smallest absolute Gasteiger partial charge is 0.0603 e. The van der Waals surface area contributed by atoms with E-state index in [1.54, 1.807) is 0 Å². The van der Waals surface area contributed by atoms with Gasteiger partial charge in [0.25, 0.3) is 0 Å². The summed E-state index contributed by atoms with van der Waals surface area (Å²) >= 11 is 1.83. The minimum Gasteiger partial charge on any atom is -0.390 e. The molecule has 0 heterocycles. The van der Waals surface area contributed by atoms with E-state index in [4.69, 9.17) is 0 Å². The lowest BCUT2D eigenvalue weighted by Crippen LogP contribution is -2.27. The van der Waals surface area contributed by atoms with E-state index in [1.165, 1.54) is 0 Å². The number of aliphatic hydroxyl groups is 1. The van der Waals surface area contributed by atoms with Crippen molar-refractivity contribution in [1.82, 2.24) is 5.32 Å². The fraction of sp³-hybridized carbons (Fsp3) is 1.00. The molecule has 0 rings (SSSR count). The van der Waals surface area contributed by atoms with Gasteiger partial charge in [0.05, 0.1) is 5.60 Å². The van der Waals surface area contributed by atoms with Crippen molar-refractivity contribution < 1.29 is 5.11 Å². The van der Waals surface area contributed by atoms with Crippen LogP contribution in [-0.2, 0) is 0 Å². The maximum atomic E-state index is 9.33. The third kappa shape index (κ3) is 10.3. The Morgan fingerprint density at radius 1 is 1.36 bits per heavy atom. The molecule has 0 bridgehead atoms. The van der Waals surface area contributed by atoms with Crippen molar-refractivity contribution in [3.63, 3.8) is 0 Å². The van der Waals surface area contributed by atoms with E-state index in [0.717, 1.165) is 25.3 Å². The highest BCUT2D eigenvalue weighted by atomic mass is 32.2. The summed E-state index contributed by atoms with van der Waals surface area (Å²) in [5.41, 5.74) is -0.521. The Kier molecular flexibility index (Phi) is 6.01. The number of hydrogen-bond acceptors (Lipinski definition) is 3. The summed E-state index contributed by atoms with van der Waals surface area (Å²) in [7, 11) is 0. The Bertz CT molecular complexity index is 90.6. The molecule has 68 valence electrons. The highest BCUT2D eigenvalue weighted by Crippen LogP contribution is 2.04. The van der Waals surface area contributed by atoms with Gasteiger partial charge < -0.3 is 10.4 Å². The number of hydrogen-bond donors (Lipinski definition) is 2. The lowest BCUT2D eigenvalue weighted by molar-refractivity contribution is 0.0714. The van der Waals surface area contributed by atoms with Gasteiger partial charge in [0.15, 0.2) is 0 Å². The molecule has 0 aliphatic heterocycles. The van der Waals surface area contributed by atoms with Crippen LogP contribution in [0.25, 0.3) is 0 Å². The zero-order valence-corrected chi connectivity index (χ0v) is 8.50. The van der Waals surface area contributed by atoms with Crippen molar-refractivity contribution in [3.05, 3.63) is 0 Å². The van der Waals surface area contributed by atoms with Crippen molar-refractivity contribution in [2.24, 2.45) is 0 Å². The Morgan fingerprint density at radius 2 is 2.00 bits per heavy atom. The Balaban J connectivity index is 3.02. The summed E-state index contributed by atoms with van der Waals surface area (Å²) in [5, 5.41) is 12.6. The molecular formula is C8H19NOS. The number of nitrogens with one attached hydrogen (secondary N) is 1.